The van der Waals surface area contributed by atoms with Crippen molar-refractivity contribution in [2.24, 2.45) is 4.99 Å². The van der Waals surface area contributed by atoms with Gasteiger partial charge in [0.2, 0.25) is 0 Å². The molecule has 2 aromatic rings. The van der Waals surface area contributed by atoms with Crippen molar-refractivity contribution in [2.45, 2.75) is 19.6 Å². The average molecular weight is 376 g/mol. The number of benzene rings is 2. The quantitative estimate of drug-likeness (QED) is 0.574. The molecule has 0 saturated carbocycles. The minimum atomic E-state index is -0.696. The molecule has 2 rings (SSSR count). The summed E-state index contributed by atoms with van der Waals surface area (Å²) in [5, 5.41) is 14.4. The van der Waals surface area contributed by atoms with Gasteiger partial charge in [0.15, 0.2) is 5.96 Å². The highest BCUT2D eigenvalue weighted by Gasteiger charge is 2.11. The van der Waals surface area contributed by atoms with Gasteiger partial charge in [-0.05, 0) is 42.3 Å². The van der Waals surface area contributed by atoms with Gasteiger partial charge in [-0.2, -0.15) is 0 Å². The minimum absolute atomic E-state index is 0.259. The summed E-state index contributed by atoms with van der Waals surface area (Å²) in [5.41, 5.74) is 1.88. The van der Waals surface area contributed by atoms with E-state index in [0.29, 0.717) is 11.6 Å². The second kappa shape index (κ2) is 10.0. The van der Waals surface area contributed by atoms with Crippen molar-refractivity contribution in [1.82, 2.24) is 10.2 Å². The van der Waals surface area contributed by atoms with Gasteiger partial charge in [-0.3, -0.25) is 4.99 Å². The van der Waals surface area contributed by atoms with E-state index in [4.69, 9.17) is 16.3 Å². The zero-order valence-electron chi connectivity index (χ0n) is 15.4. The highest BCUT2D eigenvalue weighted by Crippen LogP contribution is 2.19. The largest absolute Gasteiger partial charge is 0.497 e. The van der Waals surface area contributed by atoms with E-state index in [1.54, 1.807) is 7.11 Å². The fraction of sp³-hybridized carbons (Fsp3) is 0.350. The fourth-order valence-electron chi connectivity index (χ4n) is 2.58. The Balaban J connectivity index is 2.06. The summed E-state index contributed by atoms with van der Waals surface area (Å²) in [6.45, 7) is 3.69. The molecule has 0 bridgehead atoms. The molecule has 2 aromatic carbocycles. The SMILES string of the molecule is CCNC(=NCC(O)c1cccc(OC)c1)N(C)Cc1cccc(Cl)c1. The van der Waals surface area contributed by atoms with Crippen molar-refractivity contribution in [1.29, 1.82) is 0 Å². The van der Waals surface area contributed by atoms with Gasteiger partial charge in [0, 0.05) is 25.2 Å². The van der Waals surface area contributed by atoms with Crippen molar-refractivity contribution in [3.05, 3.63) is 64.7 Å². The highest BCUT2D eigenvalue weighted by molar-refractivity contribution is 6.30. The Morgan fingerprint density at radius 1 is 1.27 bits per heavy atom. The summed E-state index contributed by atoms with van der Waals surface area (Å²) < 4.78 is 5.21. The van der Waals surface area contributed by atoms with Gasteiger partial charge in [-0.25, -0.2) is 0 Å². The van der Waals surface area contributed by atoms with Crippen LogP contribution in [-0.4, -0.2) is 43.2 Å². The Hall–Kier alpha value is -2.24. The first-order chi connectivity index (χ1) is 12.5. The first kappa shape index (κ1) is 20.1. The van der Waals surface area contributed by atoms with Gasteiger partial charge in [0.1, 0.15) is 5.75 Å². The molecule has 26 heavy (non-hydrogen) atoms. The lowest BCUT2D eigenvalue weighted by Crippen LogP contribution is -2.38. The number of aliphatic hydroxyl groups is 1. The maximum absolute atomic E-state index is 10.4. The second-order valence-corrected chi connectivity index (χ2v) is 6.41. The third kappa shape index (κ3) is 5.93. The molecule has 0 aromatic heterocycles. The zero-order valence-corrected chi connectivity index (χ0v) is 16.2. The van der Waals surface area contributed by atoms with Crippen LogP contribution in [0.25, 0.3) is 0 Å². The van der Waals surface area contributed by atoms with E-state index in [1.807, 2.05) is 67.4 Å². The zero-order chi connectivity index (χ0) is 18.9. The summed E-state index contributed by atoms with van der Waals surface area (Å²) in [4.78, 5) is 6.58. The van der Waals surface area contributed by atoms with Crippen LogP contribution in [0, 0.1) is 0 Å². The summed E-state index contributed by atoms with van der Waals surface area (Å²) >= 11 is 6.06. The third-order valence-corrected chi connectivity index (χ3v) is 4.13. The number of aliphatic hydroxyl groups excluding tert-OH is 1. The molecule has 2 N–H and O–H groups in total. The van der Waals surface area contributed by atoms with Crippen LogP contribution in [-0.2, 0) is 6.54 Å². The van der Waals surface area contributed by atoms with Crippen LogP contribution >= 0.6 is 11.6 Å². The number of ether oxygens (including phenoxy) is 1. The molecule has 0 spiro atoms. The first-order valence-electron chi connectivity index (χ1n) is 8.59. The number of methoxy groups -OCH3 is 1. The number of nitrogens with zero attached hydrogens (tertiary/aromatic N) is 2. The van der Waals surface area contributed by atoms with Gasteiger partial charge < -0.3 is 20.1 Å². The van der Waals surface area contributed by atoms with E-state index < -0.39 is 6.10 Å². The summed E-state index contributed by atoms with van der Waals surface area (Å²) in [6.07, 6.45) is -0.696. The molecule has 1 atom stereocenters. The van der Waals surface area contributed by atoms with Crippen molar-refractivity contribution in [2.75, 3.05) is 27.2 Å². The molecular formula is C20H26ClN3O2. The number of hydrogen-bond acceptors (Lipinski definition) is 3. The van der Waals surface area contributed by atoms with Crippen LogP contribution < -0.4 is 10.1 Å². The van der Waals surface area contributed by atoms with Crippen LogP contribution in [0.1, 0.15) is 24.2 Å². The van der Waals surface area contributed by atoms with Crippen LogP contribution in [0.3, 0.4) is 0 Å². The van der Waals surface area contributed by atoms with Gasteiger partial charge in [-0.1, -0.05) is 35.9 Å². The van der Waals surface area contributed by atoms with Gasteiger partial charge in [0.05, 0.1) is 19.8 Å². The van der Waals surface area contributed by atoms with E-state index >= 15 is 0 Å². The molecule has 0 aliphatic carbocycles. The Bertz CT molecular complexity index is 737. The van der Waals surface area contributed by atoms with Crippen molar-refractivity contribution >= 4 is 17.6 Å². The summed E-state index contributed by atoms with van der Waals surface area (Å²) in [6, 6.07) is 15.1. The van der Waals surface area contributed by atoms with Gasteiger partial charge in [-0.15, -0.1) is 0 Å². The number of halogens is 1. The topological polar surface area (TPSA) is 57.1 Å². The van der Waals surface area contributed by atoms with Crippen LogP contribution in [0.2, 0.25) is 5.02 Å². The van der Waals surface area contributed by atoms with Crippen LogP contribution in [0.5, 0.6) is 5.75 Å². The predicted octanol–water partition coefficient (Wildman–Crippen LogP) is 3.48. The molecule has 0 saturated heterocycles. The van der Waals surface area contributed by atoms with Crippen molar-refractivity contribution < 1.29 is 9.84 Å². The molecule has 0 aliphatic heterocycles. The maximum Gasteiger partial charge on any atom is 0.194 e. The Morgan fingerprint density at radius 3 is 2.73 bits per heavy atom. The van der Waals surface area contributed by atoms with Crippen LogP contribution in [0.4, 0.5) is 0 Å². The molecule has 0 aliphatic rings. The number of rotatable bonds is 7. The number of hydrogen-bond donors (Lipinski definition) is 2. The fourth-order valence-corrected chi connectivity index (χ4v) is 2.79. The van der Waals surface area contributed by atoms with E-state index in [9.17, 15) is 5.11 Å². The third-order valence-electron chi connectivity index (χ3n) is 3.90. The lowest BCUT2D eigenvalue weighted by Gasteiger charge is -2.23. The van der Waals surface area contributed by atoms with Crippen molar-refractivity contribution in [3.63, 3.8) is 0 Å². The highest BCUT2D eigenvalue weighted by atomic mass is 35.5. The molecule has 140 valence electrons. The Morgan fingerprint density at radius 2 is 2.04 bits per heavy atom. The molecule has 6 heteroatoms. The Kier molecular flexibility index (Phi) is 7.75. The molecule has 1 unspecified atom stereocenters. The second-order valence-electron chi connectivity index (χ2n) is 5.97. The smallest absolute Gasteiger partial charge is 0.194 e. The molecule has 0 radical (unpaired) electrons. The minimum Gasteiger partial charge on any atom is -0.497 e. The first-order valence-corrected chi connectivity index (χ1v) is 8.97. The predicted molar refractivity (Wildman–Crippen MR) is 107 cm³/mol. The van der Waals surface area contributed by atoms with Gasteiger partial charge in [0.25, 0.3) is 0 Å². The normalized spacial score (nSPS) is 12.6. The van der Waals surface area contributed by atoms with E-state index in [2.05, 4.69) is 10.3 Å². The maximum atomic E-state index is 10.4. The number of nitrogens with one attached hydrogen (secondary N) is 1. The Labute approximate surface area is 160 Å². The van der Waals surface area contributed by atoms with E-state index in [-0.39, 0.29) is 6.54 Å². The number of aliphatic imine (C=N–C) groups is 1. The van der Waals surface area contributed by atoms with Gasteiger partial charge >= 0.3 is 0 Å². The number of guanidine groups is 1. The standard InChI is InChI=1S/C20H26ClN3O2/c1-4-22-20(24(2)14-15-7-5-9-17(21)11-15)23-13-19(25)16-8-6-10-18(12-16)26-3/h5-12,19,25H,4,13-14H2,1-3H3,(H,22,23). The molecule has 0 heterocycles. The van der Waals surface area contributed by atoms with E-state index in [1.165, 1.54) is 0 Å². The van der Waals surface area contributed by atoms with Crippen LogP contribution in [0.15, 0.2) is 53.5 Å². The lowest BCUT2D eigenvalue weighted by atomic mass is 10.1. The lowest BCUT2D eigenvalue weighted by molar-refractivity contribution is 0.186. The monoisotopic (exact) mass is 375 g/mol. The molecular weight excluding hydrogens is 350 g/mol. The molecule has 5 nitrogen and oxygen atoms in total. The molecule has 0 fully saturated rings. The van der Waals surface area contributed by atoms with E-state index in [0.717, 1.165) is 29.4 Å². The average Bonchev–Trinajstić information content (AvgIpc) is 2.64. The molecule has 0 amide bonds. The summed E-state index contributed by atoms with van der Waals surface area (Å²) in [7, 11) is 3.57. The summed E-state index contributed by atoms with van der Waals surface area (Å²) in [5.74, 6) is 1.45. The van der Waals surface area contributed by atoms with Crippen molar-refractivity contribution in [3.8, 4) is 5.75 Å².